The number of aromatic nitrogens is 4. The maximum atomic E-state index is 12.1. The molecule has 0 unspecified atom stereocenters. The monoisotopic (exact) mass is 493 g/mol. The summed E-state index contributed by atoms with van der Waals surface area (Å²) in [4.78, 5) is 23.6. The van der Waals surface area contributed by atoms with Gasteiger partial charge in [0.25, 0.3) is 0 Å². The van der Waals surface area contributed by atoms with E-state index in [-0.39, 0.29) is 11.9 Å². The highest BCUT2D eigenvalue weighted by atomic mass is 79.9. The van der Waals surface area contributed by atoms with Crippen LogP contribution in [0.1, 0.15) is 31.4 Å². The van der Waals surface area contributed by atoms with E-state index in [0.29, 0.717) is 31.1 Å². The van der Waals surface area contributed by atoms with Crippen LogP contribution >= 0.6 is 15.9 Å². The zero-order valence-electron chi connectivity index (χ0n) is 17.8. The maximum Gasteiger partial charge on any atom is 0.317 e. The van der Waals surface area contributed by atoms with Crippen LogP contribution in [0.5, 0.6) is 0 Å². The molecule has 0 radical (unpaired) electrons. The Bertz CT molecular complexity index is 1310. The molecule has 0 atom stereocenters. The summed E-state index contributed by atoms with van der Waals surface area (Å²) in [5.74, 6) is 0.732. The number of pyridine rings is 1. The van der Waals surface area contributed by atoms with Crippen molar-refractivity contribution in [1.29, 1.82) is 0 Å². The Hall–Kier alpha value is -3.20. The molecule has 2 amide bonds. The second-order valence-corrected chi connectivity index (χ2v) is 8.80. The number of nitrogens with zero attached hydrogens (tertiary/aromatic N) is 5. The number of urea groups is 1. The molecule has 1 aliphatic rings. The van der Waals surface area contributed by atoms with Gasteiger partial charge in [0.15, 0.2) is 5.65 Å². The van der Waals surface area contributed by atoms with Crippen molar-refractivity contribution in [2.24, 2.45) is 0 Å². The van der Waals surface area contributed by atoms with E-state index < -0.39 is 0 Å². The highest BCUT2D eigenvalue weighted by molar-refractivity contribution is 9.10. The van der Waals surface area contributed by atoms with Crippen molar-refractivity contribution < 1.29 is 4.79 Å². The standard InChI is InChI=1S/C23H24BrN7O/c1-2-26-23(32)30-9-7-14(8-10-30)20-19(24)21(25)31-22(29-20)17(13-28-31)16-11-15-5-3-4-6-18(15)27-12-16/h3-6,11-14H,2,7-10,25H2,1H3,(H,26,32). The van der Waals surface area contributed by atoms with E-state index in [1.807, 2.05) is 42.3 Å². The van der Waals surface area contributed by atoms with Gasteiger partial charge >= 0.3 is 6.03 Å². The molecule has 4 heterocycles. The van der Waals surface area contributed by atoms with Crippen molar-refractivity contribution in [2.75, 3.05) is 25.4 Å². The van der Waals surface area contributed by atoms with Gasteiger partial charge in [0, 0.05) is 48.3 Å². The number of likely N-dealkylation sites (tertiary alicyclic amines) is 1. The average Bonchev–Trinajstić information content (AvgIpc) is 3.25. The predicted molar refractivity (Wildman–Crippen MR) is 128 cm³/mol. The molecule has 9 heteroatoms. The summed E-state index contributed by atoms with van der Waals surface area (Å²) in [7, 11) is 0. The number of nitrogens with two attached hydrogens (primary N) is 1. The molecule has 0 bridgehead atoms. The van der Waals surface area contributed by atoms with E-state index in [0.717, 1.165) is 45.0 Å². The molecule has 1 aliphatic heterocycles. The zero-order chi connectivity index (χ0) is 22.2. The highest BCUT2D eigenvalue weighted by Crippen LogP contribution is 2.37. The molecule has 3 N–H and O–H groups in total. The van der Waals surface area contributed by atoms with Gasteiger partial charge in [-0.2, -0.15) is 9.61 Å². The van der Waals surface area contributed by atoms with Gasteiger partial charge in [-0.3, -0.25) is 4.98 Å². The Morgan fingerprint density at radius 3 is 2.81 bits per heavy atom. The van der Waals surface area contributed by atoms with Gasteiger partial charge in [0.1, 0.15) is 5.82 Å². The summed E-state index contributed by atoms with van der Waals surface area (Å²) in [6.45, 7) is 3.94. The lowest BCUT2D eigenvalue weighted by Gasteiger charge is -2.32. The molecule has 0 saturated carbocycles. The number of rotatable bonds is 3. The first kappa shape index (κ1) is 20.7. The van der Waals surface area contributed by atoms with Gasteiger partial charge in [-0.05, 0) is 47.8 Å². The van der Waals surface area contributed by atoms with Crippen LogP contribution < -0.4 is 11.1 Å². The second kappa shape index (κ2) is 8.38. The van der Waals surface area contributed by atoms with E-state index in [4.69, 9.17) is 10.7 Å². The van der Waals surface area contributed by atoms with E-state index in [1.54, 1.807) is 10.7 Å². The number of nitrogen functional groups attached to an aromatic ring is 1. The van der Waals surface area contributed by atoms with E-state index in [9.17, 15) is 4.79 Å². The number of anilines is 1. The van der Waals surface area contributed by atoms with Crippen LogP contribution in [0.2, 0.25) is 0 Å². The summed E-state index contributed by atoms with van der Waals surface area (Å²) in [6, 6.07) is 10.1. The molecule has 0 aliphatic carbocycles. The number of carbonyl (C=O) groups is 1. The summed E-state index contributed by atoms with van der Waals surface area (Å²) in [5, 5.41) is 8.42. The third-order valence-corrected chi connectivity index (χ3v) is 6.86. The summed E-state index contributed by atoms with van der Waals surface area (Å²) in [5.41, 5.74) is 10.9. The number of para-hydroxylation sites is 1. The lowest BCUT2D eigenvalue weighted by Crippen LogP contribution is -2.44. The molecular weight excluding hydrogens is 470 g/mol. The Kier molecular flexibility index (Phi) is 5.42. The number of hydrogen-bond acceptors (Lipinski definition) is 5. The van der Waals surface area contributed by atoms with Gasteiger partial charge in [-0.25, -0.2) is 9.78 Å². The molecule has 164 valence electrons. The van der Waals surface area contributed by atoms with E-state index >= 15 is 0 Å². The number of amides is 2. The average molecular weight is 494 g/mol. The van der Waals surface area contributed by atoms with E-state index in [1.165, 1.54) is 0 Å². The van der Waals surface area contributed by atoms with Crippen molar-refractivity contribution in [3.8, 4) is 11.1 Å². The zero-order valence-corrected chi connectivity index (χ0v) is 19.3. The molecule has 8 nitrogen and oxygen atoms in total. The number of carbonyl (C=O) groups excluding carboxylic acids is 1. The van der Waals surface area contributed by atoms with Crippen molar-refractivity contribution in [2.45, 2.75) is 25.7 Å². The molecule has 1 aromatic carbocycles. The molecule has 1 saturated heterocycles. The minimum absolute atomic E-state index is 0.00480. The molecule has 5 rings (SSSR count). The van der Waals surface area contributed by atoms with Crippen LogP contribution in [0.4, 0.5) is 10.6 Å². The number of piperidine rings is 1. The second-order valence-electron chi connectivity index (χ2n) is 8.00. The number of benzene rings is 1. The van der Waals surface area contributed by atoms with Gasteiger partial charge < -0.3 is 16.0 Å². The van der Waals surface area contributed by atoms with Crippen molar-refractivity contribution in [3.05, 3.63) is 52.9 Å². The summed E-state index contributed by atoms with van der Waals surface area (Å²) in [6.07, 6.45) is 5.31. The minimum Gasteiger partial charge on any atom is -0.383 e. The van der Waals surface area contributed by atoms with Crippen molar-refractivity contribution in [3.63, 3.8) is 0 Å². The largest absolute Gasteiger partial charge is 0.383 e. The minimum atomic E-state index is -0.00480. The van der Waals surface area contributed by atoms with Crippen LogP contribution in [0.3, 0.4) is 0 Å². The number of nitrogens with one attached hydrogen (secondary N) is 1. The van der Waals surface area contributed by atoms with Crippen LogP contribution in [0.25, 0.3) is 27.7 Å². The van der Waals surface area contributed by atoms with Crippen LogP contribution in [0, 0.1) is 0 Å². The van der Waals surface area contributed by atoms with Gasteiger partial charge in [-0.15, -0.1) is 0 Å². The maximum absolute atomic E-state index is 12.1. The topological polar surface area (TPSA) is 101 Å². The Morgan fingerprint density at radius 2 is 2.03 bits per heavy atom. The fourth-order valence-electron chi connectivity index (χ4n) is 4.32. The lowest BCUT2D eigenvalue weighted by atomic mass is 9.93. The van der Waals surface area contributed by atoms with Crippen LogP contribution in [-0.4, -0.2) is 50.1 Å². The number of fused-ring (bicyclic) bond motifs is 2. The quantitative estimate of drug-likeness (QED) is 0.445. The fourth-order valence-corrected chi connectivity index (χ4v) is 4.91. The third kappa shape index (κ3) is 3.56. The summed E-state index contributed by atoms with van der Waals surface area (Å²) >= 11 is 3.65. The Balaban J connectivity index is 1.51. The van der Waals surface area contributed by atoms with Crippen LogP contribution in [0.15, 0.2) is 47.2 Å². The predicted octanol–water partition coefficient (Wildman–Crippen LogP) is 4.20. The SMILES string of the molecule is CCNC(=O)N1CCC(c2nc3c(-c4cnc5ccccc5c4)cnn3c(N)c2Br)CC1. The third-order valence-electron chi connectivity index (χ3n) is 6.05. The number of hydrogen-bond donors (Lipinski definition) is 2. The van der Waals surface area contributed by atoms with Crippen molar-refractivity contribution in [1.82, 2.24) is 29.8 Å². The first-order chi connectivity index (χ1) is 15.6. The molecule has 1 fully saturated rings. The van der Waals surface area contributed by atoms with Gasteiger partial charge in [0.05, 0.1) is 21.9 Å². The van der Waals surface area contributed by atoms with E-state index in [2.05, 4.69) is 37.4 Å². The Morgan fingerprint density at radius 1 is 1.25 bits per heavy atom. The molecular formula is C23H24BrN7O. The van der Waals surface area contributed by atoms with Gasteiger partial charge in [-0.1, -0.05) is 18.2 Å². The van der Waals surface area contributed by atoms with Crippen molar-refractivity contribution >= 4 is 44.3 Å². The normalized spacial score (nSPS) is 14.9. The molecule has 4 aromatic rings. The van der Waals surface area contributed by atoms with Gasteiger partial charge in [0.2, 0.25) is 0 Å². The van der Waals surface area contributed by atoms with Crippen LogP contribution in [-0.2, 0) is 0 Å². The first-order valence-corrected chi connectivity index (χ1v) is 11.6. The highest BCUT2D eigenvalue weighted by Gasteiger charge is 2.28. The fraction of sp³-hybridized carbons (Fsp3) is 0.304. The smallest absolute Gasteiger partial charge is 0.317 e. The lowest BCUT2D eigenvalue weighted by molar-refractivity contribution is 0.181. The molecule has 3 aromatic heterocycles. The molecule has 32 heavy (non-hydrogen) atoms. The molecule has 0 spiro atoms. The Labute approximate surface area is 194 Å². The number of halogens is 1. The first-order valence-electron chi connectivity index (χ1n) is 10.8. The summed E-state index contributed by atoms with van der Waals surface area (Å²) < 4.78 is 2.44.